The van der Waals surface area contributed by atoms with Crippen LogP contribution in [-0.2, 0) is 6.42 Å². The summed E-state index contributed by atoms with van der Waals surface area (Å²) in [5, 5.41) is 10.9. The van der Waals surface area contributed by atoms with E-state index in [0.717, 1.165) is 62.3 Å². The van der Waals surface area contributed by atoms with Gasteiger partial charge in [0.15, 0.2) is 5.96 Å². The molecule has 0 aliphatic heterocycles. The zero-order valence-electron chi connectivity index (χ0n) is 16.6. The van der Waals surface area contributed by atoms with Gasteiger partial charge < -0.3 is 19.9 Å². The van der Waals surface area contributed by atoms with E-state index in [4.69, 9.17) is 9.26 Å². The van der Waals surface area contributed by atoms with Crippen LogP contribution in [0.25, 0.3) is 11.4 Å². The van der Waals surface area contributed by atoms with Gasteiger partial charge >= 0.3 is 0 Å². The molecular formula is C21H29N5O2. The summed E-state index contributed by atoms with van der Waals surface area (Å²) >= 11 is 0. The number of aliphatic imine (C=N–C) groups is 1. The highest BCUT2D eigenvalue weighted by atomic mass is 16.5. The molecule has 150 valence electrons. The molecule has 0 amide bonds. The molecule has 1 aromatic carbocycles. The van der Waals surface area contributed by atoms with Crippen molar-refractivity contribution >= 4 is 5.96 Å². The highest BCUT2D eigenvalue weighted by Gasteiger charge is 2.11. The molecule has 7 nitrogen and oxygen atoms in total. The fourth-order valence-corrected chi connectivity index (χ4v) is 3.12. The van der Waals surface area contributed by atoms with Gasteiger partial charge in [-0.05, 0) is 49.9 Å². The minimum Gasteiger partial charge on any atom is -0.497 e. The molecule has 1 aliphatic rings. The second-order valence-corrected chi connectivity index (χ2v) is 6.83. The van der Waals surface area contributed by atoms with Gasteiger partial charge in [-0.25, -0.2) is 0 Å². The number of benzene rings is 1. The lowest BCUT2D eigenvalue weighted by atomic mass is 10.2. The van der Waals surface area contributed by atoms with E-state index in [9.17, 15) is 0 Å². The average Bonchev–Trinajstić information content (AvgIpc) is 3.42. The van der Waals surface area contributed by atoms with Crippen molar-refractivity contribution in [3.8, 4) is 17.1 Å². The number of hydrogen-bond donors (Lipinski definition) is 2. The lowest BCUT2D eigenvalue weighted by molar-refractivity contribution is 0.374. The van der Waals surface area contributed by atoms with Crippen molar-refractivity contribution in [1.29, 1.82) is 0 Å². The number of nitrogens with zero attached hydrogens (tertiary/aromatic N) is 3. The summed E-state index contributed by atoms with van der Waals surface area (Å²) in [4.78, 5) is 8.77. The van der Waals surface area contributed by atoms with E-state index in [2.05, 4.69) is 37.9 Å². The molecule has 3 rings (SSSR count). The predicted molar refractivity (Wildman–Crippen MR) is 111 cm³/mol. The van der Waals surface area contributed by atoms with Crippen molar-refractivity contribution in [2.75, 3.05) is 20.7 Å². The van der Waals surface area contributed by atoms with E-state index >= 15 is 0 Å². The molecule has 7 heteroatoms. The largest absolute Gasteiger partial charge is 0.497 e. The van der Waals surface area contributed by atoms with Gasteiger partial charge in [0.2, 0.25) is 11.7 Å². The topological polar surface area (TPSA) is 84.6 Å². The van der Waals surface area contributed by atoms with Gasteiger partial charge in [0, 0.05) is 31.6 Å². The Morgan fingerprint density at radius 3 is 2.68 bits per heavy atom. The molecule has 1 heterocycles. The third-order valence-electron chi connectivity index (χ3n) is 4.75. The Morgan fingerprint density at radius 1 is 1.18 bits per heavy atom. The van der Waals surface area contributed by atoms with Gasteiger partial charge in [0.25, 0.3) is 0 Å². The summed E-state index contributed by atoms with van der Waals surface area (Å²) in [6.07, 6.45) is 10.5. The number of unbranched alkanes of at least 4 members (excludes halogenated alkanes) is 2. The standard InChI is InChI=1S/C21H29N5O2/c1-22-21(24-17-8-5-6-9-17)23-15-7-3-4-10-19-25-20(26-28-19)16-11-13-18(27-2)14-12-16/h5-6,11-14,17H,3-4,7-10,15H2,1-2H3,(H2,22,23,24). The van der Waals surface area contributed by atoms with Crippen LogP contribution in [0, 0.1) is 0 Å². The SMILES string of the molecule is CN=C(NCCCCCc1nc(-c2ccc(OC)cc2)no1)NC1CC=CC1. The van der Waals surface area contributed by atoms with Crippen LogP contribution in [-0.4, -0.2) is 42.8 Å². The maximum absolute atomic E-state index is 5.37. The number of methoxy groups -OCH3 is 1. The van der Waals surface area contributed by atoms with E-state index in [1.807, 2.05) is 31.3 Å². The first kappa shape index (κ1) is 19.9. The molecule has 0 radical (unpaired) electrons. The molecule has 0 bridgehead atoms. The summed E-state index contributed by atoms with van der Waals surface area (Å²) < 4.78 is 10.5. The highest BCUT2D eigenvalue weighted by Crippen LogP contribution is 2.20. The molecular weight excluding hydrogens is 354 g/mol. The molecule has 0 saturated heterocycles. The molecule has 2 N–H and O–H groups in total. The van der Waals surface area contributed by atoms with Crippen LogP contribution < -0.4 is 15.4 Å². The third-order valence-corrected chi connectivity index (χ3v) is 4.75. The van der Waals surface area contributed by atoms with Crippen molar-refractivity contribution in [3.05, 3.63) is 42.3 Å². The third kappa shape index (κ3) is 5.84. The fraction of sp³-hybridized carbons (Fsp3) is 0.476. The van der Waals surface area contributed by atoms with Crippen LogP contribution in [0.2, 0.25) is 0 Å². The number of ether oxygens (including phenoxy) is 1. The van der Waals surface area contributed by atoms with E-state index in [-0.39, 0.29) is 0 Å². The van der Waals surface area contributed by atoms with Crippen molar-refractivity contribution in [3.63, 3.8) is 0 Å². The van der Waals surface area contributed by atoms with Crippen LogP contribution >= 0.6 is 0 Å². The van der Waals surface area contributed by atoms with Crippen molar-refractivity contribution < 1.29 is 9.26 Å². The Kier molecular flexibility index (Phi) is 7.46. The zero-order valence-corrected chi connectivity index (χ0v) is 16.6. The molecule has 0 atom stereocenters. The normalized spacial score (nSPS) is 14.4. The lowest BCUT2D eigenvalue weighted by Crippen LogP contribution is -2.42. The Morgan fingerprint density at radius 2 is 1.96 bits per heavy atom. The summed E-state index contributed by atoms with van der Waals surface area (Å²) in [5.74, 6) is 3.00. The smallest absolute Gasteiger partial charge is 0.226 e. The molecule has 28 heavy (non-hydrogen) atoms. The van der Waals surface area contributed by atoms with Gasteiger partial charge in [-0.2, -0.15) is 4.98 Å². The fourth-order valence-electron chi connectivity index (χ4n) is 3.12. The van der Waals surface area contributed by atoms with E-state index < -0.39 is 0 Å². The summed E-state index contributed by atoms with van der Waals surface area (Å²) in [5.41, 5.74) is 0.927. The monoisotopic (exact) mass is 383 g/mol. The number of rotatable bonds is 9. The maximum atomic E-state index is 5.37. The van der Waals surface area contributed by atoms with Crippen LogP contribution in [0.3, 0.4) is 0 Å². The van der Waals surface area contributed by atoms with Gasteiger partial charge in [-0.1, -0.05) is 23.7 Å². The first-order chi connectivity index (χ1) is 13.8. The maximum Gasteiger partial charge on any atom is 0.226 e. The van der Waals surface area contributed by atoms with Gasteiger partial charge in [0.05, 0.1) is 7.11 Å². The van der Waals surface area contributed by atoms with Gasteiger partial charge in [-0.3, -0.25) is 4.99 Å². The predicted octanol–water partition coefficient (Wildman–Crippen LogP) is 3.34. The lowest BCUT2D eigenvalue weighted by Gasteiger charge is -2.16. The average molecular weight is 383 g/mol. The summed E-state index contributed by atoms with van der Waals surface area (Å²) in [6.45, 7) is 0.904. The van der Waals surface area contributed by atoms with E-state index in [1.165, 1.54) is 0 Å². The first-order valence-corrected chi connectivity index (χ1v) is 9.87. The van der Waals surface area contributed by atoms with E-state index in [1.54, 1.807) is 7.11 Å². The van der Waals surface area contributed by atoms with Gasteiger partial charge in [0.1, 0.15) is 5.75 Å². The van der Waals surface area contributed by atoms with Crippen LogP contribution in [0.5, 0.6) is 5.75 Å². The molecule has 0 unspecified atom stereocenters. The number of hydrogen-bond acceptors (Lipinski definition) is 5. The molecule has 0 saturated carbocycles. The second-order valence-electron chi connectivity index (χ2n) is 6.83. The summed E-state index contributed by atoms with van der Waals surface area (Å²) in [6, 6.07) is 8.13. The number of aryl methyl sites for hydroxylation is 1. The van der Waals surface area contributed by atoms with Crippen molar-refractivity contribution in [2.45, 2.75) is 44.6 Å². The quantitative estimate of drug-likeness (QED) is 0.299. The first-order valence-electron chi connectivity index (χ1n) is 9.87. The Hall–Kier alpha value is -2.83. The molecule has 1 aromatic heterocycles. The molecule has 2 aromatic rings. The summed E-state index contributed by atoms with van der Waals surface area (Å²) in [7, 11) is 3.46. The number of nitrogens with one attached hydrogen (secondary N) is 2. The van der Waals surface area contributed by atoms with Crippen LogP contribution in [0.15, 0.2) is 45.9 Å². The highest BCUT2D eigenvalue weighted by molar-refractivity contribution is 5.80. The zero-order chi connectivity index (χ0) is 19.6. The van der Waals surface area contributed by atoms with Crippen molar-refractivity contribution in [2.24, 2.45) is 4.99 Å². The van der Waals surface area contributed by atoms with Gasteiger partial charge in [-0.15, -0.1) is 0 Å². The van der Waals surface area contributed by atoms with Crippen LogP contribution in [0.4, 0.5) is 0 Å². The molecule has 1 aliphatic carbocycles. The second kappa shape index (κ2) is 10.5. The number of aromatic nitrogens is 2. The van der Waals surface area contributed by atoms with E-state index in [0.29, 0.717) is 17.8 Å². The number of guanidine groups is 1. The Labute approximate surface area is 166 Å². The molecule has 0 fully saturated rings. The Balaban J connectivity index is 1.32. The van der Waals surface area contributed by atoms with Crippen molar-refractivity contribution in [1.82, 2.24) is 20.8 Å². The minimum atomic E-state index is 0.476. The minimum absolute atomic E-state index is 0.476. The Bertz CT molecular complexity index is 774. The molecule has 0 spiro atoms. The van der Waals surface area contributed by atoms with Crippen LogP contribution in [0.1, 0.15) is 38.0 Å².